The van der Waals surface area contributed by atoms with Crippen LogP contribution in [0.4, 0.5) is 0 Å². The molecule has 0 aromatic carbocycles. The van der Waals surface area contributed by atoms with Crippen molar-refractivity contribution in [2.75, 3.05) is 53.0 Å². The van der Waals surface area contributed by atoms with E-state index in [-0.39, 0.29) is 18.0 Å². The maximum absolute atomic E-state index is 11.8. The molecule has 2 atom stereocenters. The van der Waals surface area contributed by atoms with Crippen LogP contribution in [0.3, 0.4) is 0 Å². The van der Waals surface area contributed by atoms with E-state index in [9.17, 15) is 4.79 Å². The van der Waals surface area contributed by atoms with Gasteiger partial charge in [0.1, 0.15) is 0 Å². The van der Waals surface area contributed by atoms with Crippen molar-refractivity contribution in [2.45, 2.75) is 25.9 Å². The number of morpholine rings is 1. The van der Waals surface area contributed by atoms with E-state index in [1.807, 2.05) is 6.92 Å². The molecule has 5 heteroatoms. The van der Waals surface area contributed by atoms with Crippen molar-refractivity contribution in [3.8, 4) is 0 Å². The normalized spacial score (nSPS) is 30.2. The van der Waals surface area contributed by atoms with Gasteiger partial charge in [-0.1, -0.05) is 0 Å². The third kappa shape index (κ3) is 4.44. The Kier molecular flexibility index (Phi) is 5.60. The van der Waals surface area contributed by atoms with Crippen molar-refractivity contribution < 1.29 is 14.3 Å². The van der Waals surface area contributed by atoms with Crippen LogP contribution in [0.5, 0.6) is 0 Å². The average Bonchev–Trinajstić information content (AvgIpc) is 2.39. The Bertz CT molecular complexity index is 298. The van der Waals surface area contributed by atoms with E-state index in [0.29, 0.717) is 6.61 Å². The smallest absolute Gasteiger partial charge is 0.310 e. The van der Waals surface area contributed by atoms with Gasteiger partial charge < -0.3 is 14.4 Å². The van der Waals surface area contributed by atoms with Crippen LogP contribution in [0.1, 0.15) is 19.8 Å². The Hall–Kier alpha value is -0.650. The van der Waals surface area contributed by atoms with Crippen LogP contribution in [0.2, 0.25) is 0 Å². The van der Waals surface area contributed by atoms with Gasteiger partial charge in [-0.3, -0.25) is 9.69 Å². The number of piperidine rings is 1. The molecule has 0 aromatic heterocycles. The third-order valence-electron chi connectivity index (χ3n) is 3.93. The summed E-state index contributed by atoms with van der Waals surface area (Å²) in [5.41, 5.74) is 0. The third-order valence-corrected chi connectivity index (χ3v) is 3.93. The topological polar surface area (TPSA) is 42.0 Å². The molecule has 1 unspecified atom stereocenters. The molecule has 2 heterocycles. The number of carbonyl (C=O) groups is 1. The summed E-state index contributed by atoms with van der Waals surface area (Å²) in [6.07, 6.45) is 2.31. The summed E-state index contributed by atoms with van der Waals surface area (Å²) in [5.74, 6) is 0.0175. The first-order valence-corrected chi connectivity index (χ1v) is 7.38. The second kappa shape index (κ2) is 7.22. The van der Waals surface area contributed by atoms with Crippen LogP contribution in [0.15, 0.2) is 0 Å². The Morgan fingerprint density at radius 3 is 2.95 bits per heavy atom. The molecule has 0 bridgehead atoms. The van der Waals surface area contributed by atoms with E-state index in [0.717, 1.165) is 52.2 Å². The molecule has 0 saturated carbocycles. The molecule has 2 fully saturated rings. The van der Waals surface area contributed by atoms with Crippen LogP contribution in [-0.2, 0) is 14.3 Å². The summed E-state index contributed by atoms with van der Waals surface area (Å²) in [4.78, 5) is 16.5. The summed E-state index contributed by atoms with van der Waals surface area (Å²) < 4.78 is 10.9. The molecule has 5 nitrogen and oxygen atoms in total. The molecule has 0 spiro atoms. The van der Waals surface area contributed by atoms with Gasteiger partial charge in [0.25, 0.3) is 0 Å². The van der Waals surface area contributed by atoms with Crippen molar-refractivity contribution in [3.05, 3.63) is 0 Å². The summed E-state index contributed by atoms with van der Waals surface area (Å²) >= 11 is 0. The van der Waals surface area contributed by atoms with Crippen LogP contribution in [-0.4, -0.2) is 74.9 Å². The van der Waals surface area contributed by atoms with E-state index in [4.69, 9.17) is 9.47 Å². The minimum atomic E-state index is -0.0334. The van der Waals surface area contributed by atoms with Gasteiger partial charge >= 0.3 is 5.97 Å². The summed E-state index contributed by atoms with van der Waals surface area (Å²) in [6.45, 7) is 7.98. The highest BCUT2D eigenvalue weighted by atomic mass is 16.5. The van der Waals surface area contributed by atoms with Gasteiger partial charge in [-0.2, -0.15) is 0 Å². The number of rotatable bonds is 4. The molecule has 2 rings (SSSR count). The number of esters is 1. The monoisotopic (exact) mass is 270 g/mol. The number of hydrogen-bond acceptors (Lipinski definition) is 5. The lowest BCUT2D eigenvalue weighted by Crippen LogP contribution is -2.49. The summed E-state index contributed by atoms with van der Waals surface area (Å²) in [7, 11) is 2.13. The zero-order valence-corrected chi connectivity index (χ0v) is 12.1. The molecule has 0 amide bonds. The molecule has 19 heavy (non-hydrogen) atoms. The maximum Gasteiger partial charge on any atom is 0.310 e. The fourth-order valence-electron chi connectivity index (χ4n) is 2.94. The van der Waals surface area contributed by atoms with E-state index >= 15 is 0 Å². The molecule has 0 aliphatic carbocycles. The lowest BCUT2D eigenvalue weighted by atomic mass is 9.98. The van der Waals surface area contributed by atoms with Gasteiger partial charge in [0, 0.05) is 26.2 Å². The standard InChI is InChI=1S/C14H26N2O3/c1-3-18-14(17)12-5-4-6-16(9-12)11-13-10-15(2)7-8-19-13/h12-13H,3-11H2,1-2H3/t12-,13?/m0/s1. The molecule has 0 aromatic rings. The molecule has 2 aliphatic rings. The minimum absolute atomic E-state index is 0.0334. The van der Waals surface area contributed by atoms with Crippen molar-refractivity contribution in [1.29, 1.82) is 0 Å². The minimum Gasteiger partial charge on any atom is -0.466 e. The zero-order valence-electron chi connectivity index (χ0n) is 12.1. The fourth-order valence-corrected chi connectivity index (χ4v) is 2.94. The largest absolute Gasteiger partial charge is 0.466 e. The van der Waals surface area contributed by atoms with Gasteiger partial charge in [-0.25, -0.2) is 0 Å². The quantitative estimate of drug-likeness (QED) is 0.700. The molecule has 2 aliphatic heterocycles. The van der Waals surface area contributed by atoms with Gasteiger partial charge in [-0.05, 0) is 33.4 Å². The van der Waals surface area contributed by atoms with E-state index in [1.165, 1.54) is 0 Å². The highest BCUT2D eigenvalue weighted by molar-refractivity contribution is 5.72. The molecule has 2 saturated heterocycles. The first-order chi connectivity index (χ1) is 9.19. The zero-order chi connectivity index (χ0) is 13.7. The van der Waals surface area contributed by atoms with Crippen LogP contribution >= 0.6 is 0 Å². The van der Waals surface area contributed by atoms with Crippen molar-refractivity contribution in [3.63, 3.8) is 0 Å². The number of carbonyl (C=O) groups excluding carboxylic acids is 1. The Labute approximate surface area is 115 Å². The van der Waals surface area contributed by atoms with Gasteiger partial charge in [-0.15, -0.1) is 0 Å². The lowest BCUT2D eigenvalue weighted by molar-refractivity contribution is -0.150. The SMILES string of the molecule is CCOC(=O)[C@H]1CCCN(CC2CN(C)CCO2)C1. The molecule has 0 radical (unpaired) electrons. The predicted octanol–water partition coefficient (Wildman–Crippen LogP) is 0.592. The number of hydrogen-bond donors (Lipinski definition) is 0. The fraction of sp³-hybridized carbons (Fsp3) is 0.929. The predicted molar refractivity (Wildman–Crippen MR) is 73.0 cm³/mol. The van der Waals surface area contributed by atoms with Crippen molar-refractivity contribution in [2.24, 2.45) is 5.92 Å². The molecular formula is C14H26N2O3. The first kappa shape index (κ1) is 14.8. The number of likely N-dealkylation sites (tertiary alicyclic amines) is 1. The maximum atomic E-state index is 11.8. The first-order valence-electron chi connectivity index (χ1n) is 7.38. The molecule has 110 valence electrons. The second-order valence-corrected chi connectivity index (χ2v) is 5.61. The number of likely N-dealkylation sites (N-methyl/N-ethyl adjacent to an activating group) is 1. The second-order valence-electron chi connectivity index (χ2n) is 5.61. The Morgan fingerprint density at radius 1 is 1.37 bits per heavy atom. The van der Waals surface area contributed by atoms with Gasteiger partial charge in [0.2, 0.25) is 0 Å². The average molecular weight is 270 g/mol. The Morgan fingerprint density at radius 2 is 2.21 bits per heavy atom. The van der Waals surface area contributed by atoms with Gasteiger partial charge in [0.05, 0.1) is 25.2 Å². The van der Waals surface area contributed by atoms with E-state index in [1.54, 1.807) is 0 Å². The van der Waals surface area contributed by atoms with Crippen LogP contribution in [0, 0.1) is 5.92 Å². The van der Waals surface area contributed by atoms with Gasteiger partial charge in [0.15, 0.2) is 0 Å². The number of ether oxygens (including phenoxy) is 2. The molecule has 0 N–H and O–H groups in total. The highest BCUT2D eigenvalue weighted by Gasteiger charge is 2.29. The van der Waals surface area contributed by atoms with Crippen molar-refractivity contribution in [1.82, 2.24) is 9.80 Å². The van der Waals surface area contributed by atoms with E-state index in [2.05, 4.69) is 16.8 Å². The molecular weight excluding hydrogens is 244 g/mol. The van der Waals surface area contributed by atoms with Crippen molar-refractivity contribution >= 4 is 5.97 Å². The van der Waals surface area contributed by atoms with E-state index < -0.39 is 0 Å². The van der Waals surface area contributed by atoms with Crippen LogP contribution in [0.25, 0.3) is 0 Å². The Balaban J connectivity index is 1.78. The summed E-state index contributed by atoms with van der Waals surface area (Å²) in [5, 5.41) is 0. The number of nitrogens with zero attached hydrogens (tertiary/aromatic N) is 2. The summed E-state index contributed by atoms with van der Waals surface area (Å²) in [6, 6.07) is 0. The van der Waals surface area contributed by atoms with Crippen LogP contribution < -0.4 is 0 Å². The lowest BCUT2D eigenvalue weighted by Gasteiger charge is -2.37. The highest BCUT2D eigenvalue weighted by Crippen LogP contribution is 2.19.